The Labute approximate surface area is 227 Å². The predicted octanol–water partition coefficient (Wildman–Crippen LogP) is 9.02. The zero-order valence-corrected chi connectivity index (χ0v) is 24.5. The molecule has 0 spiro atoms. The molecule has 0 fully saturated rings. The van der Waals surface area contributed by atoms with Gasteiger partial charge in [0.25, 0.3) is 0 Å². The molecule has 0 aliphatic heterocycles. The van der Waals surface area contributed by atoms with E-state index in [4.69, 9.17) is 9.47 Å². The van der Waals surface area contributed by atoms with Crippen molar-refractivity contribution in [3.05, 3.63) is 11.8 Å². The van der Waals surface area contributed by atoms with Gasteiger partial charge in [0.2, 0.25) is 0 Å². The smallest absolute Gasteiger partial charge is 0.316 e. The highest BCUT2D eigenvalue weighted by atomic mass is 16.5. The van der Waals surface area contributed by atoms with Gasteiger partial charge >= 0.3 is 11.9 Å². The number of ketones is 1. The fourth-order valence-corrected chi connectivity index (χ4v) is 5.40. The Balaban J connectivity index is 1.99. The number of ether oxygens (including phenoxy) is 2. The number of unbranched alkanes of at least 4 members (excludes halogenated alkanes) is 18. The second-order valence-corrected chi connectivity index (χ2v) is 11.7. The molecule has 0 saturated carbocycles. The van der Waals surface area contributed by atoms with Crippen LogP contribution < -0.4 is 0 Å². The number of hydrogen-bond acceptors (Lipinski definition) is 5. The van der Waals surface area contributed by atoms with E-state index in [0.29, 0.717) is 6.42 Å². The van der Waals surface area contributed by atoms with Crippen LogP contribution in [-0.2, 0) is 23.9 Å². The van der Waals surface area contributed by atoms with Crippen molar-refractivity contribution in [3.8, 4) is 0 Å². The second-order valence-electron chi connectivity index (χ2n) is 11.7. The van der Waals surface area contributed by atoms with Crippen molar-refractivity contribution >= 4 is 17.7 Å². The molecule has 5 nitrogen and oxygen atoms in total. The van der Waals surface area contributed by atoms with Gasteiger partial charge in [-0.15, -0.1) is 0 Å². The maximum atomic E-state index is 12.3. The van der Waals surface area contributed by atoms with Crippen molar-refractivity contribution < 1.29 is 23.9 Å². The van der Waals surface area contributed by atoms with Gasteiger partial charge in [-0.2, -0.15) is 0 Å². The average molecular weight is 521 g/mol. The van der Waals surface area contributed by atoms with Gasteiger partial charge in [0.1, 0.15) is 11.7 Å². The predicted molar refractivity (Wildman–Crippen MR) is 151 cm³/mol. The fourth-order valence-electron chi connectivity index (χ4n) is 5.40. The summed E-state index contributed by atoms with van der Waals surface area (Å²) in [6.45, 7) is 5.93. The molecule has 0 heterocycles. The first-order valence-corrected chi connectivity index (χ1v) is 15.3. The van der Waals surface area contributed by atoms with Crippen LogP contribution in [0.4, 0.5) is 0 Å². The quantitative estimate of drug-likeness (QED) is 0.105. The number of methoxy groups -OCH3 is 1. The van der Waals surface area contributed by atoms with Crippen molar-refractivity contribution in [2.75, 3.05) is 7.11 Å². The summed E-state index contributed by atoms with van der Waals surface area (Å²) in [4.78, 5) is 36.6. The Kier molecular flexibility index (Phi) is 18.3. The Morgan fingerprint density at radius 2 is 1.16 bits per heavy atom. The van der Waals surface area contributed by atoms with Crippen molar-refractivity contribution in [3.63, 3.8) is 0 Å². The summed E-state index contributed by atoms with van der Waals surface area (Å²) in [7, 11) is 1.31. The van der Waals surface area contributed by atoms with Crippen LogP contribution >= 0.6 is 0 Å². The van der Waals surface area contributed by atoms with Crippen molar-refractivity contribution in [1.82, 2.24) is 0 Å². The summed E-state index contributed by atoms with van der Waals surface area (Å²) in [5.41, 5.74) is -0.637. The Bertz CT molecular complexity index is 679. The van der Waals surface area contributed by atoms with Crippen LogP contribution in [0.1, 0.15) is 156 Å². The van der Waals surface area contributed by atoms with Crippen molar-refractivity contribution in [1.29, 1.82) is 0 Å². The van der Waals surface area contributed by atoms with E-state index in [1.54, 1.807) is 0 Å². The zero-order valence-electron chi connectivity index (χ0n) is 24.5. The molecule has 1 aliphatic rings. The minimum Gasteiger partial charge on any atom is -0.468 e. The summed E-state index contributed by atoms with van der Waals surface area (Å²) in [5, 5.41) is 0. The first-order chi connectivity index (χ1) is 17.8. The van der Waals surface area contributed by atoms with E-state index < -0.39 is 17.3 Å². The highest BCUT2D eigenvalue weighted by Crippen LogP contribution is 2.41. The van der Waals surface area contributed by atoms with E-state index in [2.05, 4.69) is 6.92 Å². The van der Waals surface area contributed by atoms with Crippen LogP contribution in [-0.4, -0.2) is 24.8 Å². The van der Waals surface area contributed by atoms with Crippen molar-refractivity contribution in [2.45, 2.75) is 156 Å². The van der Waals surface area contributed by atoms with E-state index in [1.165, 1.54) is 116 Å². The summed E-state index contributed by atoms with van der Waals surface area (Å²) in [6, 6.07) is 0. The maximum Gasteiger partial charge on any atom is 0.316 e. The molecular formula is C32H56O5. The molecule has 0 aromatic heterocycles. The second kappa shape index (κ2) is 20.3. The first-order valence-electron chi connectivity index (χ1n) is 15.3. The molecular weight excluding hydrogens is 464 g/mol. The van der Waals surface area contributed by atoms with Gasteiger partial charge in [-0.1, -0.05) is 136 Å². The number of allylic oxidation sites excluding steroid dienone is 1. The maximum absolute atomic E-state index is 12.3. The molecule has 0 saturated heterocycles. The Morgan fingerprint density at radius 3 is 1.57 bits per heavy atom. The molecule has 1 aliphatic carbocycles. The molecule has 214 valence electrons. The number of esters is 2. The molecule has 0 amide bonds. The summed E-state index contributed by atoms with van der Waals surface area (Å²) in [6.07, 6.45) is 26.7. The molecule has 0 radical (unpaired) electrons. The molecule has 0 aromatic carbocycles. The molecule has 1 rings (SSSR count). The highest BCUT2D eigenvalue weighted by molar-refractivity contribution is 5.95. The topological polar surface area (TPSA) is 69.7 Å². The number of carbonyl (C=O) groups excluding carboxylic acids is 3. The lowest BCUT2D eigenvalue weighted by Crippen LogP contribution is -2.39. The minimum atomic E-state index is -0.732. The van der Waals surface area contributed by atoms with E-state index in [0.717, 1.165) is 19.3 Å². The third kappa shape index (κ3) is 15.4. The first kappa shape index (κ1) is 33.4. The molecule has 1 atom stereocenters. The summed E-state index contributed by atoms with van der Waals surface area (Å²) < 4.78 is 10.4. The normalized spacial score (nSPS) is 16.9. The van der Waals surface area contributed by atoms with Crippen LogP contribution in [0, 0.1) is 11.3 Å². The third-order valence-corrected chi connectivity index (χ3v) is 7.65. The molecule has 0 aromatic rings. The van der Waals surface area contributed by atoms with Crippen LogP contribution in [0.5, 0.6) is 0 Å². The van der Waals surface area contributed by atoms with Gasteiger partial charge in [0.05, 0.1) is 7.11 Å². The van der Waals surface area contributed by atoms with Crippen molar-refractivity contribution in [2.24, 2.45) is 11.3 Å². The van der Waals surface area contributed by atoms with E-state index in [-0.39, 0.29) is 23.9 Å². The van der Waals surface area contributed by atoms with Gasteiger partial charge in [-0.25, -0.2) is 0 Å². The van der Waals surface area contributed by atoms with E-state index in [9.17, 15) is 14.4 Å². The fraction of sp³-hybridized carbons (Fsp3) is 0.844. The van der Waals surface area contributed by atoms with Crippen LogP contribution in [0.15, 0.2) is 11.8 Å². The molecule has 5 heteroatoms. The molecule has 1 unspecified atom stereocenters. The highest BCUT2D eigenvalue weighted by Gasteiger charge is 2.45. The van der Waals surface area contributed by atoms with Gasteiger partial charge in [-0.3, -0.25) is 14.4 Å². The number of rotatable bonds is 22. The van der Waals surface area contributed by atoms with E-state index in [1.807, 2.05) is 13.8 Å². The molecule has 0 N–H and O–H groups in total. The number of hydrogen-bond donors (Lipinski definition) is 0. The van der Waals surface area contributed by atoms with Crippen LogP contribution in [0.25, 0.3) is 0 Å². The number of carbonyl (C=O) groups is 3. The lowest BCUT2D eigenvalue weighted by atomic mass is 9.70. The van der Waals surface area contributed by atoms with Crippen LogP contribution in [0.2, 0.25) is 0 Å². The lowest BCUT2D eigenvalue weighted by molar-refractivity contribution is -0.153. The molecule has 0 bridgehead atoms. The monoisotopic (exact) mass is 520 g/mol. The summed E-state index contributed by atoms with van der Waals surface area (Å²) >= 11 is 0. The third-order valence-electron chi connectivity index (χ3n) is 7.65. The van der Waals surface area contributed by atoms with Crippen LogP contribution in [0.3, 0.4) is 0 Å². The molecule has 37 heavy (non-hydrogen) atoms. The van der Waals surface area contributed by atoms with E-state index >= 15 is 0 Å². The average Bonchev–Trinajstić information content (AvgIpc) is 2.84. The van der Waals surface area contributed by atoms with Gasteiger partial charge in [0, 0.05) is 18.9 Å². The minimum absolute atomic E-state index is 0.128. The standard InChI is InChI=1S/C32H56O5/c1-5-6-7-8-9-10-11-12-13-14-15-16-17-18-19-20-21-22-23-24-29(34)37-28-25-27(33)26-32(2,3)30(28)31(35)36-4/h25,30H,5-24,26H2,1-4H3. The van der Waals surface area contributed by atoms with Gasteiger partial charge in [-0.05, 0) is 11.8 Å². The Morgan fingerprint density at radius 1 is 0.757 bits per heavy atom. The Hall–Kier alpha value is -1.65. The largest absolute Gasteiger partial charge is 0.468 e. The van der Waals surface area contributed by atoms with Gasteiger partial charge in [0.15, 0.2) is 5.78 Å². The van der Waals surface area contributed by atoms with Gasteiger partial charge < -0.3 is 9.47 Å². The SMILES string of the molecule is CCCCCCCCCCCCCCCCCCCCCC(=O)OC1=CC(=O)CC(C)(C)C1C(=O)OC. The lowest BCUT2D eigenvalue weighted by Gasteiger charge is -2.35. The summed E-state index contributed by atoms with van der Waals surface area (Å²) in [5.74, 6) is -1.57. The zero-order chi connectivity index (χ0) is 27.4.